The summed E-state index contributed by atoms with van der Waals surface area (Å²) < 4.78 is 64.9. The maximum absolute atomic E-state index is 13.0. The smallest absolute Gasteiger partial charge is 0.393 e. The van der Waals surface area contributed by atoms with Crippen molar-refractivity contribution in [2.24, 2.45) is 17.8 Å². The number of nitrogens with zero attached hydrogens (tertiary/aromatic N) is 2. The lowest BCUT2D eigenvalue weighted by atomic mass is 9.96. The molecule has 1 amide bonds. The number of rotatable bonds is 4. The first kappa shape index (κ1) is 19.4. The minimum atomic E-state index is -4.78. The molecule has 0 aromatic heterocycles. The molecular formula is C15H21F3N2O5S. The number of aliphatic carboxylic acids is 1. The van der Waals surface area contributed by atoms with Crippen molar-refractivity contribution >= 4 is 21.9 Å². The summed E-state index contributed by atoms with van der Waals surface area (Å²) in [5, 5.41) is 8.04. The third-order valence-electron chi connectivity index (χ3n) is 5.67. The maximum atomic E-state index is 13.0. The molecule has 0 spiro atoms. The predicted molar refractivity (Wildman–Crippen MR) is 83.5 cm³/mol. The fourth-order valence-corrected chi connectivity index (χ4v) is 5.90. The van der Waals surface area contributed by atoms with Crippen molar-refractivity contribution in [3.05, 3.63) is 0 Å². The number of likely N-dealkylation sites (tertiary alicyclic amines) is 1. The molecule has 0 unspecified atom stereocenters. The molecule has 3 rings (SSSR count). The summed E-state index contributed by atoms with van der Waals surface area (Å²) in [5.74, 6) is -5.85. The highest BCUT2D eigenvalue weighted by molar-refractivity contribution is 7.89. The van der Waals surface area contributed by atoms with Crippen molar-refractivity contribution in [3.63, 3.8) is 0 Å². The van der Waals surface area contributed by atoms with E-state index in [1.807, 2.05) is 0 Å². The Morgan fingerprint density at radius 3 is 2.04 bits per heavy atom. The van der Waals surface area contributed by atoms with E-state index in [1.165, 1.54) is 4.90 Å². The maximum Gasteiger partial charge on any atom is 0.393 e. The second-order valence-electron chi connectivity index (χ2n) is 7.30. The van der Waals surface area contributed by atoms with Crippen LogP contribution in [0.2, 0.25) is 0 Å². The molecule has 3 aliphatic rings. The second-order valence-corrected chi connectivity index (χ2v) is 9.51. The monoisotopic (exact) mass is 398 g/mol. The fraction of sp³-hybridized carbons (Fsp3) is 0.867. The van der Waals surface area contributed by atoms with E-state index in [0.29, 0.717) is 4.31 Å². The van der Waals surface area contributed by atoms with Crippen LogP contribution in [0, 0.1) is 17.8 Å². The Morgan fingerprint density at radius 2 is 1.58 bits per heavy atom. The van der Waals surface area contributed by atoms with Gasteiger partial charge in [0.15, 0.2) is 0 Å². The molecule has 2 saturated heterocycles. The van der Waals surface area contributed by atoms with Gasteiger partial charge in [0.2, 0.25) is 15.9 Å². The Hall–Kier alpha value is -1.36. The summed E-state index contributed by atoms with van der Waals surface area (Å²) >= 11 is 0. The number of carbonyl (C=O) groups is 2. The lowest BCUT2D eigenvalue weighted by molar-refractivity contribution is -0.187. The van der Waals surface area contributed by atoms with Crippen molar-refractivity contribution in [1.29, 1.82) is 0 Å². The summed E-state index contributed by atoms with van der Waals surface area (Å²) in [5.41, 5.74) is 0. The van der Waals surface area contributed by atoms with Gasteiger partial charge in [-0.1, -0.05) is 12.8 Å². The summed E-state index contributed by atoms with van der Waals surface area (Å²) in [6.45, 7) is -1.64. The van der Waals surface area contributed by atoms with Gasteiger partial charge in [-0.3, -0.25) is 9.59 Å². The molecule has 2 aliphatic heterocycles. The van der Waals surface area contributed by atoms with E-state index in [1.54, 1.807) is 0 Å². The summed E-state index contributed by atoms with van der Waals surface area (Å²) in [6.07, 6.45) is -1.28. The number of carbonyl (C=O) groups excluding carboxylic acids is 1. The molecule has 7 nitrogen and oxygen atoms in total. The van der Waals surface area contributed by atoms with E-state index >= 15 is 0 Å². The van der Waals surface area contributed by atoms with Crippen molar-refractivity contribution in [1.82, 2.24) is 9.21 Å². The molecule has 0 aromatic rings. The minimum absolute atomic E-state index is 0.0391. The summed E-state index contributed by atoms with van der Waals surface area (Å²) in [6, 6.07) is 0. The Bertz CT molecular complexity index is 684. The van der Waals surface area contributed by atoms with E-state index in [4.69, 9.17) is 5.11 Å². The van der Waals surface area contributed by atoms with Crippen LogP contribution in [-0.2, 0) is 19.6 Å². The predicted octanol–water partition coefficient (Wildman–Crippen LogP) is 0.912. The zero-order valence-electron chi connectivity index (χ0n) is 14.0. The Kier molecular flexibility index (Phi) is 4.97. The van der Waals surface area contributed by atoms with Crippen LogP contribution in [0.15, 0.2) is 0 Å². The third-order valence-corrected chi connectivity index (χ3v) is 7.83. The first-order chi connectivity index (χ1) is 12.0. The third kappa shape index (κ3) is 3.42. The van der Waals surface area contributed by atoms with Crippen molar-refractivity contribution in [3.8, 4) is 0 Å². The van der Waals surface area contributed by atoms with Crippen molar-refractivity contribution in [2.45, 2.75) is 37.1 Å². The Labute approximate surface area is 149 Å². The van der Waals surface area contributed by atoms with E-state index in [0.717, 1.165) is 25.7 Å². The molecular weight excluding hydrogens is 377 g/mol. The first-order valence-corrected chi connectivity index (χ1v) is 10.1. The lowest BCUT2D eigenvalue weighted by Gasteiger charge is -2.41. The zero-order valence-corrected chi connectivity index (χ0v) is 14.8. The van der Waals surface area contributed by atoms with Gasteiger partial charge in [-0.2, -0.15) is 13.2 Å². The van der Waals surface area contributed by atoms with Gasteiger partial charge in [-0.15, -0.1) is 0 Å². The number of halogens is 3. The van der Waals surface area contributed by atoms with Gasteiger partial charge in [0.05, 0.1) is 11.8 Å². The number of amides is 1. The summed E-state index contributed by atoms with van der Waals surface area (Å²) in [4.78, 5) is 24.8. The van der Waals surface area contributed by atoms with Gasteiger partial charge in [0.1, 0.15) is 5.25 Å². The molecule has 26 heavy (non-hydrogen) atoms. The standard InChI is InChI=1S/C15H21F3N2O5S/c16-15(17,18)12-8-20(7-11(12)14(22)23)26(24,25)10-5-19(6-10)13(21)9-3-1-2-4-9/h9-12H,1-8H2,(H,22,23)/t11-,12-/m1/s1. The van der Waals surface area contributed by atoms with E-state index in [9.17, 15) is 31.2 Å². The van der Waals surface area contributed by atoms with Gasteiger partial charge >= 0.3 is 12.1 Å². The van der Waals surface area contributed by atoms with Crippen molar-refractivity contribution in [2.75, 3.05) is 26.2 Å². The van der Waals surface area contributed by atoms with Crippen LogP contribution in [0.5, 0.6) is 0 Å². The van der Waals surface area contributed by atoms with E-state index in [-0.39, 0.29) is 24.9 Å². The van der Waals surface area contributed by atoms with E-state index < -0.39 is 52.3 Å². The molecule has 2 atom stereocenters. The Balaban J connectivity index is 1.64. The van der Waals surface area contributed by atoms with Gasteiger partial charge in [-0.05, 0) is 12.8 Å². The van der Waals surface area contributed by atoms with Crippen LogP contribution in [0.4, 0.5) is 13.2 Å². The van der Waals surface area contributed by atoms with Crippen molar-refractivity contribution < 1.29 is 36.3 Å². The fourth-order valence-electron chi connectivity index (χ4n) is 4.01. The van der Waals surface area contributed by atoms with Gasteiger partial charge in [-0.25, -0.2) is 12.7 Å². The highest BCUT2D eigenvalue weighted by Gasteiger charge is 2.56. The van der Waals surface area contributed by atoms with Crippen LogP contribution < -0.4 is 0 Å². The van der Waals surface area contributed by atoms with Crippen LogP contribution in [0.1, 0.15) is 25.7 Å². The largest absolute Gasteiger partial charge is 0.481 e. The highest BCUT2D eigenvalue weighted by atomic mass is 32.2. The molecule has 1 saturated carbocycles. The van der Waals surface area contributed by atoms with Crippen LogP contribution in [-0.4, -0.2) is 72.2 Å². The quantitative estimate of drug-likeness (QED) is 0.760. The average molecular weight is 398 g/mol. The highest BCUT2D eigenvalue weighted by Crippen LogP contribution is 2.40. The average Bonchev–Trinajstić information content (AvgIpc) is 3.14. The number of carboxylic acids is 1. The number of hydrogen-bond acceptors (Lipinski definition) is 4. The normalized spacial score (nSPS) is 29.1. The molecule has 0 radical (unpaired) electrons. The number of hydrogen-bond donors (Lipinski definition) is 1. The molecule has 0 aromatic carbocycles. The topological polar surface area (TPSA) is 95.0 Å². The Morgan fingerprint density at radius 1 is 1.00 bits per heavy atom. The van der Waals surface area contributed by atoms with Crippen LogP contribution >= 0.6 is 0 Å². The van der Waals surface area contributed by atoms with Crippen LogP contribution in [0.25, 0.3) is 0 Å². The SMILES string of the molecule is O=C(O)[C@@H]1CN(S(=O)(=O)C2CN(C(=O)C3CCCC3)C2)C[C@H]1C(F)(F)F. The number of carboxylic acid groups (broad SMARTS) is 1. The molecule has 1 N–H and O–H groups in total. The molecule has 0 bridgehead atoms. The number of alkyl halides is 3. The zero-order chi connectivity index (χ0) is 19.3. The lowest BCUT2D eigenvalue weighted by Crippen LogP contribution is -2.60. The first-order valence-electron chi connectivity index (χ1n) is 8.59. The molecule has 1 aliphatic carbocycles. The molecule has 2 heterocycles. The van der Waals surface area contributed by atoms with Crippen LogP contribution in [0.3, 0.4) is 0 Å². The minimum Gasteiger partial charge on any atom is -0.481 e. The number of sulfonamides is 1. The van der Waals surface area contributed by atoms with E-state index in [2.05, 4.69) is 0 Å². The molecule has 148 valence electrons. The van der Waals surface area contributed by atoms with Gasteiger partial charge in [0.25, 0.3) is 0 Å². The molecule has 3 fully saturated rings. The molecule has 11 heteroatoms. The van der Waals surface area contributed by atoms with Gasteiger partial charge in [0, 0.05) is 32.1 Å². The second kappa shape index (κ2) is 6.66. The summed E-state index contributed by atoms with van der Waals surface area (Å²) in [7, 11) is -4.08. The van der Waals surface area contributed by atoms with Gasteiger partial charge < -0.3 is 10.0 Å².